The number of likely N-dealkylation sites (N-methyl/N-ethyl adjacent to an activating group) is 1. The Labute approximate surface area is 160 Å². The van der Waals surface area contributed by atoms with Gasteiger partial charge in [-0.15, -0.1) is 0 Å². The van der Waals surface area contributed by atoms with E-state index in [4.69, 9.17) is 21.1 Å². The van der Waals surface area contributed by atoms with Crippen molar-refractivity contribution >= 4 is 23.6 Å². The van der Waals surface area contributed by atoms with Gasteiger partial charge in [0.25, 0.3) is 0 Å². The molecule has 0 saturated heterocycles. The third-order valence-corrected chi connectivity index (χ3v) is 4.84. The van der Waals surface area contributed by atoms with Crippen LogP contribution in [0.4, 0.5) is 0 Å². The molecule has 2 rings (SSSR count). The van der Waals surface area contributed by atoms with Crippen LogP contribution in [0.5, 0.6) is 11.5 Å². The quantitative estimate of drug-likeness (QED) is 0.629. The zero-order valence-corrected chi connectivity index (χ0v) is 16.3. The minimum atomic E-state index is -0.659. The number of benzene rings is 1. The Kier molecular flexibility index (Phi) is 6.93. The second-order valence-electron chi connectivity index (χ2n) is 6.34. The van der Waals surface area contributed by atoms with Crippen LogP contribution in [-0.4, -0.2) is 36.6 Å². The van der Waals surface area contributed by atoms with E-state index in [1.807, 2.05) is 13.8 Å². The smallest absolute Gasteiger partial charge is 0.247 e. The summed E-state index contributed by atoms with van der Waals surface area (Å²) in [6, 6.07) is 5.81. The van der Waals surface area contributed by atoms with E-state index in [0.717, 1.165) is 31.2 Å². The van der Waals surface area contributed by atoms with Gasteiger partial charge in [0.15, 0.2) is 11.5 Å². The fraction of sp³-hybridized carbons (Fsp3) is 0.500. The summed E-state index contributed by atoms with van der Waals surface area (Å²) < 4.78 is 11.3. The number of carbonyl (C=O) groups excluding carboxylic acids is 1. The lowest BCUT2D eigenvalue weighted by molar-refractivity contribution is -0.130. The Morgan fingerprint density at radius 1 is 1.38 bits per heavy atom. The summed E-state index contributed by atoms with van der Waals surface area (Å²) in [5, 5.41) is 9.80. The standard InChI is InChI=1S/C20H25ClN2O3/c1-4-11-26-19-16(21)12-15(13-17(19)25-5-2)7-8-18(24)23(3)20(14-22)9-6-10-20/h7-8,12-13H,4-6,9-11H2,1-3H3/b8-7+. The Hall–Kier alpha value is -2.19. The van der Waals surface area contributed by atoms with Crippen LogP contribution in [0, 0.1) is 11.3 Å². The first kappa shape index (κ1) is 20.1. The lowest BCUT2D eigenvalue weighted by Gasteiger charge is -2.42. The highest BCUT2D eigenvalue weighted by atomic mass is 35.5. The lowest BCUT2D eigenvalue weighted by Crippen LogP contribution is -2.52. The second kappa shape index (κ2) is 8.95. The van der Waals surface area contributed by atoms with E-state index in [-0.39, 0.29) is 5.91 Å². The van der Waals surface area contributed by atoms with Crippen LogP contribution in [0.25, 0.3) is 6.08 Å². The van der Waals surface area contributed by atoms with E-state index in [9.17, 15) is 10.1 Å². The average molecular weight is 377 g/mol. The zero-order valence-electron chi connectivity index (χ0n) is 15.5. The molecule has 5 nitrogen and oxygen atoms in total. The monoisotopic (exact) mass is 376 g/mol. The van der Waals surface area contributed by atoms with Gasteiger partial charge in [-0.1, -0.05) is 18.5 Å². The molecule has 0 heterocycles. The number of nitrogens with zero attached hydrogens (tertiary/aromatic N) is 2. The summed E-state index contributed by atoms with van der Waals surface area (Å²) in [5.74, 6) is 0.877. The predicted molar refractivity (Wildman–Crippen MR) is 102 cm³/mol. The van der Waals surface area contributed by atoms with E-state index in [1.165, 1.54) is 11.0 Å². The topological polar surface area (TPSA) is 62.6 Å². The van der Waals surface area contributed by atoms with Crippen LogP contribution in [0.3, 0.4) is 0 Å². The maximum atomic E-state index is 12.4. The minimum absolute atomic E-state index is 0.202. The van der Waals surface area contributed by atoms with Gasteiger partial charge in [-0.2, -0.15) is 5.26 Å². The first-order valence-electron chi connectivity index (χ1n) is 8.93. The lowest BCUT2D eigenvalue weighted by atomic mass is 9.76. The third kappa shape index (κ3) is 4.31. The highest BCUT2D eigenvalue weighted by molar-refractivity contribution is 6.32. The van der Waals surface area contributed by atoms with Crippen molar-refractivity contribution in [2.24, 2.45) is 0 Å². The van der Waals surface area contributed by atoms with Crippen LogP contribution in [0.15, 0.2) is 18.2 Å². The van der Waals surface area contributed by atoms with E-state index in [2.05, 4.69) is 6.07 Å². The highest BCUT2D eigenvalue weighted by Crippen LogP contribution is 2.38. The number of amides is 1. The summed E-state index contributed by atoms with van der Waals surface area (Å²) in [4.78, 5) is 13.9. The molecule has 0 atom stereocenters. The molecule has 0 aromatic heterocycles. The largest absolute Gasteiger partial charge is 0.490 e. The van der Waals surface area contributed by atoms with Crippen molar-refractivity contribution in [3.63, 3.8) is 0 Å². The number of hydrogen-bond acceptors (Lipinski definition) is 4. The molecular formula is C20H25ClN2O3. The van der Waals surface area contributed by atoms with Crippen molar-refractivity contribution in [2.75, 3.05) is 20.3 Å². The van der Waals surface area contributed by atoms with Crippen molar-refractivity contribution in [1.29, 1.82) is 5.26 Å². The Bertz CT molecular complexity index is 721. The number of carbonyl (C=O) groups is 1. The van der Waals surface area contributed by atoms with Crippen molar-refractivity contribution < 1.29 is 14.3 Å². The number of hydrogen-bond donors (Lipinski definition) is 0. The van der Waals surface area contributed by atoms with Gasteiger partial charge in [0.05, 0.1) is 24.3 Å². The molecule has 1 aliphatic rings. The van der Waals surface area contributed by atoms with Gasteiger partial charge >= 0.3 is 0 Å². The predicted octanol–water partition coefficient (Wildman–Crippen LogP) is 4.45. The number of rotatable bonds is 8. The molecule has 140 valence electrons. The van der Waals surface area contributed by atoms with Crippen LogP contribution < -0.4 is 9.47 Å². The third-order valence-electron chi connectivity index (χ3n) is 4.56. The molecule has 0 bridgehead atoms. The highest BCUT2D eigenvalue weighted by Gasteiger charge is 2.42. The van der Waals surface area contributed by atoms with E-state index in [0.29, 0.717) is 29.7 Å². The minimum Gasteiger partial charge on any atom is -0.490 e. The molecule has 0 radical (unpaired) electrons. The Morgan fingerprint density at radius 2 is 2.12 bits per heavy atom. The van der Waals surface area contributed by atoms with Crippen molar-refractivity contribution in [1.82, 2.24) is 4.90 Å². The maximum absolute atomic E-state index is 12.4. The molecule has 1 aromatic rings. The number of halogens is 1. The van der Waals surface area contributed by atoms with Gasteiger partial charge in [-0.3, -0.25) is 4.79 Å². The van der Waals surface area contributed by atoms with Crippen LogP contribution in [0.1, 0.15) is 45.1 Å². The fourth-order valence-electron chi connectivity index (χ4n) is 2.82. The fourth-order valence-corrected chi connectivity index (χ4v) is 3.09. The van der Waals surface area contributed by atoms with Gasteiger partial charge in [-0.05, 0) is 56.4 Å². The summed E-state index contributed by atoms with van der Waals surface area (Å²) in [7, 11) is 1.68. The normalized spacial score (nSPS) is 15.2. The molecule has 1 amide bonds. The molecule has 1 aromatic carbocycles. The van der Waals surface area contributed by atoms with Gasteiger partial charge < -0.3 is 14.4 Å². The average Bonchev–Trinajstić information content (AvgIpc) is 2.58. The van der Waals surface area contributed by atoms with Crippen LogP contribution in [0.2, 0.25) is 5.02 Å². The van der Waals surface area contributed by atoms with Gasteiger partial charge in [0, 0.05) is 13.1 Å². The van der Waals surface area contributed by atoms with Crippen molar-refractivity contribution in [3.8, 4) is 17.6 Å². The van der Waals surface area contributed by atoms with E-state index >= 15 is 0 Å². The molecule has 0 spiro atoms. The van der Waals surface area contributed by atoms with Gasteiger partial charge in [0.1, 0.15) is 5.54 Å². The molecular weight excluding hydrogens is 352 g/mol. The first-order valence-corrected chi connectivity index (χ1v) is 9.31. The molecule has 0 N–H and O–H groups in total. The number of ether oxygens (including phenoxy) is 2. The molecule has 0 aliphatic heterocycles. The second-order valence-corrected chi connectivity index (χ2v) is 6.75. The van der Waals surface area contributed by atoms with Crippen molar-refractivity contribution in [3.05, 3.63) is 28.8 Å². The zero-order chi connectivity index (χ0) is 19.2. The molecule has 1 fully saturated rings. The molecule has 6 heteroatoms. The Morgan fingerprint density at radius 3 is 2.65 bits per heavy atom. The number of nitriles is 1. The van der Waals surface area contributed by atoms with Crippen LogP contribution in [-0.2, 0) is 4.79 Å². The maximum Gasteiger partial charge on any atom is 0.247 e. The Balaban J connectivity index is 2.19. The van der Waals surface area contributed by atoms with Gasteiger partial charge in [0.2, 0.25) is 5.91 Å². The van der Waals surface area contributed by atoms with E-state index in [1.54, 1.807) is 25.3 Å². The van der Waals surface area contributed by atoms with Crippen LogP contribution >= 0.6 is 11.6 Å². The van der Waals surface area contributed by atoms with Gasteiger partial charge in [-0.25, -0.2) is 0 Å². The first-order chi connectivity index (χ1) is 12.5. The molecule has 1 aliphatic carbocycles. The molecule has 1 saturated carbocycles. The molecule has 26 heavy (non-hydrogen) atoms. The summed E-state index contributed by atoms with van der Waals surface area (Å²) in [5.41, 5.74) is 0.0802. The summed E-state index contributed by atoms with van der Waals surface area (Å²) in [6.45, 7) is 4.94. The van der Waals surface area contributed by atoms with Crippen molar-refractivity contribution in [2.45, 2.75) is 45.1 Å². The molecule has 0 unspecified atom stereocenters. The van der Waals surface area contributed by atoms with E-state index < -0.39 is 5.54 Å². The SMILES string of the molecule is CCCOc1c(Cl)cc(/C=C/C(=O)N(C)C2(C#N)CCC2)cc1OCC. The summed E-state index contributed by atoms with van der Waals surface area (Å²) >= 11 is 6.33. The summed E-state index contributed by atoms with van der Waals surface area (Å²) in [6.07, 6.45) is 6.44.